The van der Waals surface area contributed by atoms with Gasteiger partial charge in [-0.05, 0) is 62.2 Å². The van der Waals surface area contributed by atoms with Gasteiger partial charge in [0.05, 0.1) is 7.11 Å². The molecule has 0 radical (unpaired) electrons. The van der Waals surface area contributed by atoms with E-state index in [1.165, 1.54) is 13.8 Å². The topological polar surface area (TPSA) is 105 Å². The number of methoxy groups -OCH3 is 1. The highest BCUT2D eigenvalue weighted by Gasteiger charge is 2.53. The van der Waals surface area contributed by atoms with Crippen LogP contribution in [0.25, 0.3) is 0 Å². The van der Waals surface area contributed by atoms with Crippen molar-refractivity contribution in [3.05, 3.63) is 59.7 Å². The first-order valence-electron chi connectivity index (χ1n) is 9.95. The number of ether oxygens (including phenoxy) is 1. The average Bonchev–Trinajstić information content (AvgIpc) is 3.04. The van der Waals surface area contributed by atoms with Crippen LogP contribution in [0.1, 0.15) is 43.1 Å². The van der Waals surface area contributed by atoms with Crippen LogP contribution in [0, 0.1) is 0 Å². The molecule has 0 saturated carbocycles. The molecular formula is C23H25N3O5. The van der Waals surface area contributed by atoms with Gasteiger partial charge < -0.3 is 15.4 Å². The molecule has 0 bridgehead atoms. The summed E-state index contributed by atoms with van der Waals surface area (Å²) < 4.78 is 5.16. The van der Waals surface area contributed by atoms with Crippen molar-refractivity contribution in [3.63, 3.8) is 0 Å². The molecule has 31 heavy (non-hydrogen) atoms. The van der Waals surface area contributed by atoms with Crippen LogP contribution in [0.15, 0.2) is 48.5 Å². The van der Waals surface area contributed by atoms with Gasteiger partial charge in [-0.3, -0.25) is 14.4 Å². The Kier molecular flexibility index (Phi) is 6.10. The van der Waals surface area contributed by atoms with E-state index in [1.54, 1.807) is 62.6 Å². The van der Waals surface area contributed by atoms with Gasteiger partial charge >= 0.3 is 6.03 Å². The van der Waals surface area contributed by atoms with Gasteiger partial charge in [0, 0.05) is 11.3 Å². The number of carbonyl (C=O) groups excluding carboxylic acids is 4. The fraction of sp³-hybridized carbons (Fsp3) is 0.304. The molecule has 1 heterocycles. The summed E-state index contributed by atoms with van der Waals surface area (Å²) in [7, 11) is 1.54. The predicted octanol–water partition coefficient (Wildman–Crippen LogP) is 3.08. The fourth-order valence-corrected chi connectivity index (χ4v) is 3.61. The van der Waals surface area contributed by atoms with Crippen molar-refractivity contribution < 1.29 is 23.9 Å². The van der Waals surface area contributed by atoms with Crippen molar-refractivity contribution in [1.82, 2.24) is 10.2 Å². The maximum Gasteiger partial charge on any atom is 0.326 e. The summed E-state index contributed by atoms with van der Waals surface area (Å²) in [6.45, 7) is 4.75. The number of urea groups is 1. The number of imide groups is 1. The van der Waals surface area contributed by atoms with Gasteiger partial charge in [-0.2, -0.15) is 0 Å². The molecular weight excluding hydrogens is 398 g/mol. The van der Waals surface area contributed by atoms with Crippen LogP contribution in [-0.2, 0) is 15.1 Å². The van der Waals surface area contributed by atoms with Crippen molar-refractivity contribution in [2.24, 2.45) is 0 Å². The molecule has 2 aromatic carbocycles. The van der Waals surface area contributed by atoms with E-state index in [1.807, 2.05) is 0 Å². The van der Waals surface area contributed by atoms with E-state index < -0.39 is 29.4 Å². The fourth-order valence-electron chi connectivity index (χ4n) is 3.61. The molecule has 2 aromatic rings. The molecule has 8 nitrogen and oxygen atoms in total. The van der Waals surface area contributed by atoms with Gasteiger partial charge in [0.1, 0.15) is 17.3 Å². The van der Waals surface area contributed by atoms with Gasteiger partial charge in [0.2, 0.25) is 5.91 Å². The smallest absolute Gasteiger partial charge is 0.326 e. The van der Waals surface area contributed by atoms with E-state index in [2.05, 4.69) is 10.6 Å². The first kappa shape index (κ1) is 22.0. The van der Waals surface area contributed by atoms with Gasteiger partial charge in [0.15, 0.2) is 5.78 Å². The largest absolute Gasteiger partial charge is 0.497 e. The van der Waals surface area contributed by atoms with Crippen molar-refractivity contribution >= 4 is 29.3 Å². The zero-order valence-electron chi connectivity index (χ0n) is 17.9. The molecule has 0 aromatic heterocycles. The summed E-state index contributed by atoms with van der Waals surface area (Å²) in [5.74, 6) is -0.451. The Hall–Kier alpha value is -3.68. The van der Waals surface area contributed by atoms with Gasteiger partial charge in [-0.15, -0.1) is 0 Å². The number of amides is 4. The summed E-state index contributed by atoms with van der Waals surface area (Å²) in [5.41, 5.74) is 0.350. The molecule has 162 valence electrons. The van der Waals surface area contributed by atoms with Gasteiger partial charge in [-0.1, -0.05) is 19.1 Å². The molecule has 8 heteroatoms. The van der Waals surface area contributed by atoms with Crippen LogP contribution in [0.4, 0.5) is 10.5 Å². The minimum Gasteiger partial charge on any atom is -0.497 e. The third-order valence-corrected chi connectivity index (χ3v) is 5.56. The van der Waals surface area contributed by atoms with Crippen LogP contribution in [0.3, 0.4) is 0 Å². The molecule has 3 rings (SSSR count). The third-order valence-electron chi connectivity index (χ3n) is 5.56. The number of ketones is 1. The molecule has 0 unspecified atom stereocenters. The second-order valence-electron chi connectivity index (χ2n) is 7.39. The number of benzene rings is 2. The molecule has 0 aliphatic carbocycles. The van der Waals surface area contributed by atoms with E-state index in [-0.39, 0.29) is 5.78 Å². The lowest BCUT2D eigenvalue weighted by Gasteiger charge is -2.27. The van der Waals surface area contributed by atoms with E-state index in [0.29, 0.717) is 29.0 Å². The quantitative estimate of drug-likeness (QED) is 0.526. The molecule has 2 N–H and O–H groups in total. The Labute approximate surface area is 180 Å². The number of hydrogen-bond donors (Lipinski definition) is 2. The van der Waals surface area contributed by atoms with Crippen LogP contribution >= 0.6 is 0 Å². The van der Waals surface area contributed by atoms with E-state index in [9.17, 15) is 19.2 Å². The van der Waals surface area contributed by atoms with Crippen molar-refractivity contribution in [1.29, 1.82) is 0 Å². The summed E-state index contributed by atoms with van der Waals surface area (Å²) in [6, 6.07) is 11.6. The number of carbonyl (C=O) groups is 4. The first-order valence-corrected chi connectivity index (χ1v) is 9.95. The lowest BCUT2D eigenvalue weighted by molar-refractivity contribution is -0.136. The Bertz CT molecular complexity index is 1020. The maximum atomic E-state index is 13.3. The predicted molar refractivity (Wildman–Crippen MR) is 115 cm³/mol. The third kappa shape index (κ3) is 4.01. The van der Waals surface area contributed by atoms with E-state index >= 15 is 0 Å². The monoisotopic (exact) mass is 423 g/mol. The highest BCUT2D eigenvalue weighted by Crippen LogP contribution is 2.34. The van der Waals surface area contributed by atoms with Gasteiger partial charge in [0.25, 0.3) is 5.91 Å². The molecule has 1 aliphatic rings. The van der Waals surface area contributed by atoms with Gasteiger partial charge in [-0.25, -0.2) is 9.69 Å². The summed E-state index contributed by atoms with van der Waals surface area (Å²) in [6.07, 6.45) is 0.321. The highest BCUT2D eigenvalue weighted by atomic mass is 16.5. The minimum atomic E-state index is -1.25. The minimum absolute atomic E-state index is 0.0833. The maximum absolute atomic E-state index is 13.3. The van der Waals surface area contributed by atoms with E-state index in [0.717, 1.165) is 4.90 Å². The summed E-state index contributed by atoms with van der Waals surface area (Å²) in [5, 5.41) is 5.45. The number of rotatable bonds is 7. The molecule has 0 spiro atoms. The Morgan fingerprint density at radius 2 is 1.71 bits per heavy atom. The second-order valence-corrected chi connectivity index (χ2v) is 7.39. The van der Waals surface area contributed by atoms with Crippen molar-refractivity contribution in [3.8, 4) is 5.75 Å². The lowest BCUT2D eigenvalue weighted by atomic mass is 9.87. The molecule has 4 amide bonds. The van der Waals surface area contributed by atoms with Crippen LogP contribution in [0.5, 0.6) is 5.75 Å². The number of nitrogens with one attached hydrogen (secondary N) is 2. The Balaban J connectivity index is 1.81. The van der Waals surface area contributed by atoms with Crippen LogP contribution in [0.2, 0.25) is 0 Å². The summed E-state index contributed by atoms with van der Waals surface area (Å²) >= 11 is 0. The normalized spacial score (nSPS) is 19.0. The Morgan fingerprint density at radius 1 is 1.10 bits per heavy atom. The molecule has 1 aliphatic heterocycles. The first-order chi connectivity index (χ1) is 14.7. The molecule has 2 atom stereocenters. The molecule has 1 saturated heterocycles. The van der Waals surface area contributed by atoms with Crippen molar-refractivity contribution in [2.75, 3.05) is 12.4 Å². The zero-order chi connectivity index (χ0) is 22.8. The van der Waals surface area contributed by atoms with E-state index in [4.69, 9.17) is 4.74 Å². The number of hydrogen-bond acceptors (Lipinski definition) is 5. The summed E-state index contributed by atoms with van der Waals surface area (Å²) in [4.78, 5) is 51.2. The zero-order valence-corrected chi connectivity index (χ0v) is 17.9. The highest BCUT2D eigenvalue weighted by molar-refractivity contribution is 6.11. The Morgan fingerprint density at radius 3 is 2.23 bits per heavy atom. The SMILES string of the molecule is CC[C@@]1(c2ccc(OC)cc2)NC(=O)N([C@@H](C)C(=O)Nc2ccc(C(C)=O)cc2)C1=O. The van der Waals surface area contributed by atoms with Crippen LogP contribution in [-0.4, -0.2) is 41.7 Å². The molecule has 1 fully saturated rings. The average molecular weight is 423 g/mol. The second kappa shape index (κ2) is 8.59. The standard InChI is InChI=1S/C23H25N3O5/c1-5-23(17-8-12-19(31-4)13-9-17)21(29)26(22(30)25-23)14(2)20(28)24-18-10-6-16(7-11-18)15(3)27/h6-14H,5H2,1-4H3,(H,24,28)(H,25,30)/t14-,23-/m0/s1. The van der Waals surface area contributed by atoms with Crippen LogP contribution < -0.4 is 15.4 Å². The number of nitrogens with zero attached hydrogens (tertiary/aromatic N) is 1. The lowest BCUT2D eigenvalue weighted by Crippen LogP contribution is -2.47. The number of Topliss-reactive ketones (excluding diaryl/α,β-unsaturated/α-hetero) is 1. The number of anilines is 1. The van der Waals surface area contributed by atoms with Crippen molar-refractivity contribution in [2.45, 2.75) is 38.8 Å².